The van der Waals surface area contributed by atoms with Gasteiger partial charge in [-0.3, -0.25) is 14.8 Å². The highest BCUT2D eigenvalue weighted by molar-refractivity contribution is 6.02. The van der Waals surface area contributed by atoms with Crippen LogP contribution in [0, 0.1) is 0 Å². The molecule has 0 bridgehead atoms. The minimum Gasteiger partial charge on any atom is -0.321 e. The van der Waals surface area contributed by atoms with E-state index in [1.807, 2.05) is 6.07 Å². The van der Waals surface area contributed by atoms with Crippen LogP contribution >= 0.6 is 12.4 Å². The Morgan fingerprint density at radius 1 is 1.14 bits per heavy atom. The lowest BCUT2D eigenvalue weighted by molar-refractivity contribution is 0.102. The number of amides is 1. The molecular formula is C16H20ClN3O. The maximum Gasteiger partial charge on any atom is 0.274 e. The Labute approximate surface area is 131 Å². The second kappa shape index (κ2) is 9.08. The number of carbonyl (C=O) groups excluding carboxylic acids is 1. The average molecular weight is 306 g/mol. The van der Waals surface area contributed by atoms with Gasteiger partial charge in [-0.05, 0) is 36.6 Å². The molecule has 1 N–H and O–H groups in total. The van der Waals surface area contributed by atoms with Crippen molar-refractivity contribution in [2.45, 2.75) is 32.6 Å². The van der Waals surface area contributed by atoms with E-state index < -0.39 is 0 Å². The summed E-state index contributed by atoms with van der Waals surface area (Å²) in [5.41, 5.74) is 2.33. The van der Waals surface area contributed by atoms with Crippen molar-refractivity contribution in [1.29, 1.82) is 0 Å². The van der Waals surface area contributed by atoms with E-state index in [1.165, 1.54) is 24.8 Å². The maximum absolute atomic E-state index is 12.0. The zero-order valence-electron chi connectivity index (χ0n) is 12.1. The highest BCUT2D eigenvalue weighted by Gasteiger charge is 2.07. The highest BCUT2D eigenvalue weighted by atomic mass is 35.5. The van der Waals surface area contributed by atoms with E-state index in [-0.39, 0.29) is 18.3 Å². The Kier molecular flexibility index (Phi) is 7.40. The number of hydrogen-bond acceptors (Lipinski definition) is 3. The van der Waals surface area contributed by atoms with Gasteiger partial charge in [0.1, 0.15) is 5.69 Å². The fourth-order valence-corrected chi connectivity index (χ4v) is 1.92. The summed E-state index contributed by atoms with van der Waals surface area (Å²) >= 11 is 0. The molecule has 2 aromatic heterocycles. The Balaban J connectivity index is 0.00000220. The van der Waals surface area contributed by atoms with Crippen molar-refractivity contribution in [2.75, 3.05) is 5.32 Å². The number of hydrogen-bond donors (Lipinski definition) is 1. The van der Waals surface area contributed by atoms with Gasteiger partial charge in [0.05, 0.1) is 0 Å². The quantitative estimate of drug-likeness (QED) is 0.824. The summed E-state index contributed by atoms with van der Waals surface area (Å²) in [6, 6.07) is 7.25. The van der Waals surface area contributed by atoms with Gasteiger partial charge in [-0.25, -0.2) is 0 Å². The maximum atomic E-state index is 12.0. The summed E-state index contributed by atoms with van der Waals surface area (Å²) in [6.07, 6.45) is 9.69. The number of aryl methyl sites for hydroxylation is 1. The average Bonchev–Trinajstić information content (AvgIpc) is 2.49. The first kappa shape index (κ1) is 17.1. The van der Waals surface area contributed by atoms with Gasteiger partial charge in [0.25, 0.3) is 5.91 Å². The van der Waals surface area contributed by atoms with Crippen LogP contribution in [0.5, 0.6) is 0 Å². The Morgan fingerprint density at radius 2 is 1.90 bits per heavy atom. The van der Waals surface area contributed by atoms with Gasteiger partial charge in [-0.15, -0.1) is 12.4 Å². The lowest BCUT2D eigenvalue weighted by Gasteiger charge is -2.05. The van der Waals surface area contributed by atoms with Crippen LogP contribution in [-0.2, 0) is 6.42 Å². The summed E-state index contributed by atoms with van der Waals surface area (Å²) in [5.74, 6) is -0.198. The molecule has 0 saturated carbocycles. The number of unbranched alkanes of at least 4 members (excludes halogenated alkanes) is 2. The molecule has 4 nitrogen and oxygen atoms in total. The smallest absolute Gasteiger partial charge is 0.274 e. The number of carbonyl (C=O) groups is 1. The van der Waals surface area contributed by atoms with Gasteiger partial charge >= 0.3 is 0 Å². The van der Waals surface area contributed by atoms with Crippen LogP contribution in [0.15, 0.2) is 42.9 Å². The molecule has 0 aliphatic rings. The fraction of sp³-hybridized carbons (Fsp3) is 0.312. The molecule has 0 aromatic carbocycles. The van der Waals surface area contributed by atoms with Gasteiger partial charge in [-0.1, -0.05) is 25.8 Å². The molecule has 0 spiro atoms. The van der Waals surface area contributed by atoms with E-state index in [1.54, 1.807) is 36.8 Å². The van der Waals surface area contributed by atoms with Crippen molar-refractivity contribution in [3.05, 3.63) is 54.1 Å². The van der Waals surface area contributed by atoms with Crippen LogP contribution in [0.4, 0.5) is 5.69 Å². The van der Waals surface area contributed by atoms with Crippen LogP contribution in [0.1, 0.15) is 42.2 Å². The van der Waals surface area contributed by atoms with E-state index in [0.29, 0.717) is 5.69 Å². The van der Waals surface area contributed by atoms with Crippen LogP contribution in [-0.4, -0.2) is 15.9 Å². The Hall–Kier alpha value is -1.94. The summed E-state index contributed by atoms with van der Waals surface area (Å²) in [5, 5.41) is 2.79. The molecule has 0 saturated heterocycles. The minimum absolute atomic E-state index is 0. The first-order valence-electron chi connectivity index (χ1n) is 6.96. The number of pyridine rings is 2. The molecule has 2 rings (SSSR count). The van der Waals surface area contributed by atoms with Crippen LogP contribution in [0.2, 0.25) is 0 Å². The van der Waals surface area contributed by atoms with Gasteiger partial charge < -0.3 is 5.32 Å². The molecule has 0 aliphatic heterocycles. The van der Waals surface area contributed by atoms with Gasteiger partial charge in [0.15, 0.2) is 0 Å². The molecule has 0 radical (unpaired) electrons. The van der Waals surface area contributed by atoms with Crippen molar-refractivity contribution < 1.29 is 4.79 Å². The zero-order valence-corrected chi connectivity index (χ0v) is 12.9. The van der Waals surface area contributed by atoms with Crippen LogP contribution < -0.4 is 5.32 Å². The number of aromatic nitrogens is 2. The van der Waals surface area contributed by atoms with E-state index in [9.17, 15) is 4.79 Å². The highest BCUT2D eigenvalue weighted by Crippen LogP contribution is 2.09. The molecule has 0 unspecified atom stereocenters. The first-order valence-corrected chi connectivity index (χ1v) is 6.96. The molecule has 21 heavy (non-hydrogen) atoms. The van der Waals surface area contributed by atoms with E-state index >= 15 is 0 Å². The summed E-state index contributed by atoms with van der Waals surface area (Å²) in [7, 11) is 0. The molecule has 2 heterocycles. The summed E-state index contributed by atoms with van der Waals surface area (Å²) in [6.45, 7) is 2.19. The lowest BCUT2D eigenvalue weighted by Crippen LogP contribution is -2.13. The van der Waals surface area contributed by atoms with Crippen molar-refractivity contribution in [3.63, 3.8) is 0 Å². The predicted molar refractivity (Wildman–Crippen MR) is 86.9 cm³/mol. The lowest BCUT2D eigenvalue weighted by atomic mass is 10.1. The molecule has 0 aliphatic carbocycles. The second-order valence-electron chi connectivity index (χ2n) is 4.70. The zero-order chi connectivity index (χ0) is 14.2. The third kappa shape index (κ3) is 5.52. The first-order chi connectivity index (χ1) is 9.79. The SMILES string of the molecule is CCCCCc1ccc(C(=O)Nc2ccncc2)nc1.Cl. The molecule has 5 heteroatoms. The fourth-order valence-electron chi connectivity index (χ4n) is 1.92. The van der Waals surface area contributed by atoms with E-state index in [0.717, 1.165) is 12.1 Å². The van der Waals surface area contributed by atoms with Crippen molar-refractivity contribution in [2.24, 2.45) is 0 Å². The van der Waals surface area contributed by atoms with Crippen molar-refractivity contribution in [3.8, 4) is 0 Å². The van der Waals surface area contributed by atoms with E-state index in [2.05, 4.69) is 22.2 Å². The monoisotopic (exact) mass is 305 g/mol. The number of rotatable bonds is 6. The van der Waals surface area contributed by atoms with Crippen LogP contribution in [0.25, 0.3) is 0 Å². The third-order valence-electron chi connectivity index (χ3n) is 3.06. The normalized spacial score (nSPS) is 9.76. The van der Waals surface area contributed by atoms with Gasteiger partial charge in [-0.2, -0.15) is 0 Å². The molecule has 2 aromatic rings. The molecule has 112 valence electrons. The number of anilines is 1. The van der Waals surface area contributed by atoms with Gasteiger partial charge in [0, 0.05) is 24.3 Å². The topological polar surface area (TPSA) is 54.9 Å². The summed E-state index contributed by atoms with van der Waals surface area (Å²) in [4.78, 5) is 20.1. The van der Waals surface area contributed by atoms with Crippen molar-refractivity contribution in [1.82, 2.24) is 9.97 Å². The van der Waals surface area contributed by atoms with Crippen molar-refractivity contribution >= 4 is 24.0 Å². The molecule has 0 atom stereocenters. The largest absolute Gasteiger partial charge is 0.321 e. The second-order valence-corrected chi connectivity index (χ2v) is 4.70. The predicted octanol–water partition coefficient (Wildman–Crippen LogP) is 3.88. The standard InChI is InChI=1S/C16H19N3O.ClH/c1-2-3-4-5-13-6-7-15(18-12-13)16(20)19-14-8-10-17-11-9-14;/h6-12H,2-5H2,1H3,(H,17,19,20);1H. The molecule has 1 amide bonds. The molecule has 0 fully saturated rings. The van der Waals surface area contributed by atoms with E-state index in [4.69, 9.17) is 0 Å². The Bertz CT molecular complexity index is 543. The number of nitrogens with one attached hydrogen (secondary N) is 1. The minimum atomic E-state index is -0.198. The number of nitrogens with zero attached hydrogens (tertiary/aromatic N) is 2. The summed E-state index contributed by atoms with van der Waals surface area (Å²) < 4.78 is 0. The molecular weight excluding hydrogens is 286 g/mol. The third-order valence-corrected chi connectivity index (χ3v) is 3.06. The Morgan fingerprint density at radius 3 is 2.52 bits per heavy atom. The van der Waals surface area contributed by atoms with Gasteiger partial charge in [0.2, 0.25) is 0 Å². The number of halogens is 1. The van der Waals surface area contributed by atoms with Crippen LogP contribution in [0.3, 0.4) is 0 Å².